The van der Waals surface area contributed by atoms with Gasteiger partial charge in [0.15, 0.2) is 0 Å². The van der Waals surface area contributed by atoms with Gasteiger partial charge >= 0.3 is 0 Å². The highest BCUT2D eigenvalue weighted by Gasteiger charge is 2.04. The summed E-state index contributed by atoms with van der Waals surface area (Å²) in [5.74, 6) is 0.888. The molecular weight excluding hydrogens is 284 g/mol. The van der Waals surface area contributed by atoms with Crippen molar-refractivity contribution in [3.05, 3.63) is 71.9 Å². The molecule has 0 unspecified atom stereocenters. The Bertz CT molecular complexity index is 804. The summed E-state index contributed by atoms with van der Waals surface area (Å²) >= 11 is 0. The highest BCUT2D eigenvalue weighted by molar-refractivity contribution is 5.82. The number of hydrogen-bond donors (Lipinski definition) is 1. The molecule has 0 saturated carbocycles. The SMILES string of the molecule is COc1cccc(C=CCN(C)Cc2cccc3cc[nH]c23)c1. The van der Waals surface area contributed by atoms with Crippen LogP contribution in [0.3, 0.4) is 0 Å². The average Bonchev–Trinajstić information content (AvgIpc) is 3.05. The van der Waals surface area contributed by atoms with E-state index >= 15 is 0 Å². The molecule has 1 aromatic heterocycles. The summed E-state index contributed by atoms with van der Waals surface area (Å²) in [5.41, 5.74) is 3.71. The number of ether oxygens (including phenoxy) is 1. The van der Waals surface area contributed by atoms with Gasteiger partial charge in [-0.3, -0.25) is 4.90 Å². The van der Waals surface area contributed by atoms with Gasteiger partial charge in [0, 0.05) is 24.8 Å². The van der Waals surface area contributed by atoms with Crippen molar-refractivity contribution in [3.8, 4) is 5.75 Å². The lowest BCUT2D eigenvalue weighted by molar-refractivity contribution is 0.365. The number of aromatic nitrogens is 1. The standard InChI is InChI=1S/C20H22N2O/c1-22(13-5-7-16-6-3-10-19(14-16)23-2)15-18-9-4-8-17-11-12-21-20(17)18/h3-12,14,21H,13,15H2,1-2H3. The van der Waals surface area contributed by atoms with E-state index in [0.29, 0.717) is 0 Å². The van der Waals surface area contributed by atoms with E-state index in [1.54, 1.807) is 7.11 Å². The molecule has 3 nitrogen and oxygen atoms in total. The first-order valence-electron chi connectivity index (χ1n) is 7.80. The van der Waals surface area contributed by atoms with Crippen LogP contribution in [0.4, 0.5) is 0 Å². The number of methoxy groups -OCH3 is 1. The number of para-hydroxylation sites is 1. The number of nitrogens with zero attached hydrogens (tertiary/aromatic N) is 1. The first-order valence-corrected chi connectivity index (χ1v) is 7.80. The van der Waals surface area contributed by atoms with Gasteiger partial charge in [0.1, 0.15) is 5.75 Å². The Kier molecular flexibility index (Phi) is 4.79. The van der Waals surface area contributed by atoms with Crippen molar-refractivity contribution in [1.82, 2.24) is 9.88 Å². The van der Waals surface area contributed by atoms with E-state index in [1.165, 1.54) is 16.5 Å². The molecule has 1 heterocycles. The van der Waals surface area contributed by atoms with Crippen LogP contribution in [-0.2, 0) is 6.54 Å². The second-order valence-electron chi connectivity index (χ2n) is 5.73. The molecule has 3 aromatic rings. The Morgan fingerprint density at radius 1 is 1.13 bits per heavy atom. The molecule has 0 aliphatic carbocycles. The topological polar surface area (TPSA) is 28.3 Å². The summed E-state index contributed by atoms with van der Waals surface area (Å²) < 4.78 is 5.25. The molecule has 0 amide bonds. The average molecular weight is 306 g/mol. The van der Waals surface area contributed by atoms with Crippen molar-refractivity contribution in [2.75, 3.05) is 20.7 Å². The molecule has 118 valence electrons. The van der Waals surface area contributed by atoms with E-state index in [1.807, 2.05) is 24.4 Å². The molecule has 3 heteroatoms. The minimum atomic E-state index is 0.888. The number of aromatic amines is 1. The van der Waals surface area contributed by atoms with Gasteiger partial charge in [-0.15, -0.1) is 0 Å². The number of likely N-dealkylation sites (N-methyl/N-ethyl adjacent to an activating group) is 1. The summed E-state index contributed by atoms with van der Waals surface area (Å²) in [5, 5.41) is 1.27. The Hall–Kier alpha value is -2.52. The highest BCUT2D eigenvalue weighted by Crippen LogP contribution is 2.18. The molecule has 0 aliphatic rings. The number of fused-ring (bicyclic) bond motifs is 1. The largest absolute Gasteiger partial charge is 0.497 e. The molecule has 3 rings (SSSR count). The first kappa shape index (κ1) is 15.4. The Morgan fingerprint density at radius 3 is 2.87 bits per heavy atom. The van der Waals surface area contributed by atoms with E-state index in [0.717, 1.165) is 24.4 Å². The van der Waals surface area contributed by atoms with Crippen LogP contribution >= 0.6 is 0 Å². The van der Waals surface area contributed by atoms with Gasteiger partial charge in [-0.1, -0.05) is 42.5 Å². The van der Waals surface area contributed by atoms with E-state index in [-0.39, 0.29) is 0 Å². The number of hydrogen-bond acceptors (Lipinski definition) is 2. The van der Waals surface area contributed by atoms with Gasteiger partial charge in [0.05, 0.1) is 7.11 Å². The summed E-state index contributed by atoms with van der Waals surface area (Å²) in [6, 6.07) is 16.6. The van der Waals surface area contributed by atoms with Crippen LogP contribution in [0.2, 0.25) is 0 Å². The van der Waals surface area contributed by atoms with Crippen molar-refractivity contribution in [3.63, 3.8) is 0 Å². The van der Waals surface area contributed by atoms with Gasteiger partial charge in [0.2, 0.25) is 0 Å². The Balaban J connectivity index is 1.62. The van der Waals surface area contributed by atoms with E-state index in [9.17, 15) is 0 Å². The predicted octanol–water partition coefficient (Wildman–Crippen LogP) is 4.32. The summed E-state index contributed by atoms with van der Waals surface area (Å²) in [7, 11) is 3.83. The maximum absolute atomic E-state index is 5.25. The smallest absolute Gasteiger partial charge is 0.119 e. The molecule has 0 fully saturated rings. The molecule has 0 saturated heterocycles. The zero-order valence-electron chi connectivity index (χ0n) is 13.6. The number of benzene rings is 2. The second kappa shape index (κ2) is 7.16. The zero-order chi connectivity index (χ0) is 16.1. The summed E-state index contributed by atoms with van der Waals surface area (Å²) in [4.78, 5) is 5.63. The molecule has 0 radical (unpaired) electrons. The Labute approximate surface area is 137 Å². The van der Waals surface area contributed by atoms with Gasteiger partial charge in [-0.25, -0.2) is 0 Å². The molecule has 23 heavy (non-hydrogen) atoms. The minimum absolute atomic E-state index is 0.888. The lowest BCUT2D eigenvalue weighted by Crippen LogP contribution is -2.17. The third-order valence-electron chi connectivity index (χ3n) is 3.93. The summed E-state index contributed by atoms with van der Waals surface area (Å²) in [6.07, 6.45) is 6.31. The van der Waals surface area contributed by atoms with E-state index in [2.05, 4.69) is 59.4 Å². The molecule has 0 atom stereocenters. The van der Waals surface area contributed by atoms with Crippen LogP contribution in [0, 0.1) is 0 Å². The van der Waals surface area contributed by atoms with Crippen molar-refractivity contribution < 1.29 is 4.74 Å². The van der Waals surface area contributed by atoms with Gasteiger partial charge in [-0.2, -0.15) is 0 Å². The summed E-state index contributed by atoms with van der Waals surface area (Å²) in [6.45, 7) is 1.81. The van der Waals surface area contributed by atoms with Crippen LogP contribution in [0.15, 0.2) is 60.8 Å². The number of H-pyrrole nitrogens is 1. The first-order chi connectivity index (χ1) is 11.3. The number of nitrogens with one attached hydrogen (secondary N) is 1. The van der Waals surface area contributed by atoms with Gasteiger partial charge in [0.25, 0.3) is 0 Å². The quantitative estimate of drug-likeness (QED) is 0.734. The normalized spacial score (nSPS) is 11.6. The van der Waals surface area contributed by atoms with E-state index < -0.39 is 0 Å². The molecule has 0 spiro atoms. The maximum Gasteiger partial charge on any atom is 0.119 e. The second-order valence-corrected chi connectivity index (χ2v) is 5.73. The maximum atomic E-state index is 5.25. The molecule has 0 bridgehead atoms. The van der Waals surface area contributed by atoms with Crippen LogP contribution in [0.1, 0.15) is 11.1 Å². The van der Waals surface area contributed by atoms with Gasteiger partial charge in [-0.05, 0) is 41.8 Å². The number of rotatable bonds is 6. The monoisotopic (exact) mass is 306 g/mol. The minimum Gasteiger partial charge on any atom is -0.497 e. The Morgan fingerprint density at radius 2 is 2.00 bits per heavy atom. The van der Waals surface area contributed by atoms with Crippen LogP contribution in [-0.4, -0.2) is 30.6 Å². The lowest BCUT2D eigenvalue weighted by Gasteiger charge is -2.15. The van der Waals surface area contributed by atoms with Crippen LogP contribution < -0.4 is 4.74 Å². The van der Waals surface area contributed by atoms with E-state index in [4.69, 9.17) is 4.74 Å². The van der Waals surface area contributed by atoms with Crippen molar-refractivity contribution in [1.29, 1.82) is 0 Å². The zero-order valence-corrected chi connectivity index (χ0v) is 13.6. The van der Waals surface area contributed by atoms with Crippen LogP contribution in [0.25, 0.3) is 17.0 Å². The molecule has 0 aliphatic heterocycles. The lowest BCUT2D eigenvalue weighted by atomic mass is 10.1. The molecule has 2 aromatic carbocycles. The fourth-order valence-electron chi connectivity index (χ4n) is 2.75. The van der Waals surface area contributed by atoms with Crippen LogP contribution in [0.5, 0.6) is 5.75 Å². The fraction of sp³-hybridized carbons (Fsp3) is 0.200. The molecular formula is C20H22N2O. The van der Waals surface area contributed by atoms with Crippen molar-refractivity contribution in [2.45, 2.75) is 6.54 Å². The predicted molar refractivity (Wildman–Crippen MR) is 96.7 cm³/mol. The van der Waals surface area contributed by atoms with Crippen molar-refractivity contribution in [2.24, 2.45) is 0 Å². The fourth-order valence-corrected chi connectivity index (χ4v) is 2.75. The third-order valence-corrected chi connectivity index (χ3v) is 3.93. The highest BCUT2D eigenvalue weighted by atomic mass is 16.5. The third kappa shape index (κ3) is 3.82. The molecule has 1 N–H and O–H groups in total. The van der Waals surface area contributed by atoms with Crippen molar-refractivity contribution >= 4 is 17.0 Å². The van der Waals surface area contributed by atoms with Gasteiger partial charge < -0.3 is 9.72 Å².